The second-order valence-corrected chi connectivity index (χ2v) is 5.41. The lowest BCUT2D eigenvalue weighted by Crippen LogP contribution is -2.44. The summed E-state index contributed by atoms with van der Waals surface area (Å²) < 4.78 is 9.97. The first-order chi connectivity index (χ1) is 10.2. The number of esters is 1. The van der Waals surface area contributed by atoms with Gasteiger partial charge in [0, 0.05) is 12.0 Å². The maximum absolute atomic E-state index is 12.0. The number of hydrogen-bond acceptors (Lipinski definition) is 6. The molecule has 0 fully saturated rings. The molecule has 0 aliphatic heterocycles. The van der Waals surface area contributed by atoms with E-state index in [9.17, 15) is 14.4 Å². The molecule has 0 spiro atoms. The number of rotatable bonds is 5. The van der Waals surface area contributed by atoms with Crippen molar-refractivity contribution in [3.05, 3.63) is 17.0 Å². The molecular weight excluding hydrogens is 290 g/mol. The maximum Gasteiger partial charge on any atom is 0.344 e. The first kappa shape index (κ1) is 17.7. The molecule has 0 atom stereocenters. The van der Waals surface area contributed by atoms with Crippen LogP contribution in [0.25, 0.3) is 0 Å². The van der Waals surface area contributed by atoms with Gasteiger partial charge in [-0.3, -0.25) is 10.1 Å². The van der Waals surface area contributed by atoms with Crippen molar-refractivity contribution in [3.63, 3.8) is 0 Å². The van der Waals surface area contributed by atoms with Crippen LogP contribution in [0.3, 0.4) is 0 Å². The minimum absolute atomic E-state index is 0.0469. The van der Waals surface area contributed by atoms with Crippen molar-refractivity contribution in [1.82, 2.24) is 15.8 Å². The highest BCUT2D eigenvalue weighted by molar-refractivity contribution is 5.97. The molecule has 0 aliphatic rings. The highest BCUT2D eigenvalue weighted by atomic mass is 16.5. The van der Waals surface area contributed by atoms with Crippen molar-refractivity contribution in [2.24, 2.45) is 0 Å². The molecular formula is C14H21N3O5. The van der Waals surface area contributed by atoms with Crippen LogP contribution in [-0.4, -0.2) is 35.7 Å². The Hall–Kier alpha value is -2.38. The highest BCUT2D eigenvalue weighted by Gasteiger charge is 2.24. The molecule has 0 radical (unpaired) electrons. The van der Waals surface area contributed by atoms with E-state index in [1.807, 2.05) is 13.8 Å². The second kappa shape index (κ2) is 7.58. The van der Waals surface area contributed by atoms with E-state index in [2.05, 4.69) is 15.8 Å². The zero-order valence-electron chi connectivity index (χ0n) is 13.4. The summed E-state index contributed by atoms with van der Waals surface area (Å²) in [6.07, 6.45) is 0. The Morgan fingerprint density at radius 3 is 2.41 bits per heavy atom. The number of amides is 3. The normalized spacial score (nSPS) is 10.7. The van der Waals surface area contributed by atoms with Crippen LogP contribution >= 0.6 is 0 Å². The van der Waals surface area contributed by atoms with E-state index in [0.29, 0.717) is 11.5 Å². The Bertz CT molecular complexity index is 563. The molecule has 122 valence electrons. The van der Waals surface area contributed by atoms with Crippen LogP contribution in [-0.2, 0) is 9.53 Å². The summed E-state index contributed by atoms with van der Waals surface area (Å²) in [6, 6.07) is -0.747. The molecule has 0 unspecified atom stereocenters. The van der Waals surface area contributed by atoms with Gasteiger partial charge in [-0.2, -0.15) is 0 Å². The van der Waals surface area contributed by atoms with Crippen LogP contribution in [0.2, 0.25) is 0 Å². The zero-order chi connectivity index (χ0) is 16.9. The van der Waals surface area contributed by atoms with E-state index in [1.54, 1.807) is 20.8 Å². The molecule has 22 heavy (non-hydrogen) atoms. The van der Waals surface area contributed by atoms with Crippen molar-refractivity contribution in [3.8, 4) is 0 Å². The minimum atomic E-state index is -0.716. The van der Waals surface area contributed by atoms with Crippen LogP contribution < -0.4 is 10.6 Å². The molecule has 8 nitrogen and oxygen atoms in total. The molecule has 0 saturated carbocycles. The number of aryl methyl sites for hydroxylation is 1. The molecule has 0 saturated heterocycles. The Labute approximate surface area is 128 Å². The quantitative estimate of drug-likeness (QED) is 0.797. The predicted molar refractivity (Wildman–Crippen MR) is 77.4 cm³/mol. The number of nitrogens with zero attached hydrogens (tertiary/aromatic N) is 1. The Morgan fingerprint density at radius 2 is 1.86 bits per heavy atom. The molecule has 1 aromatic rings. The van der Waals surface area contributed by atoms with Crippen molar-refractivity contribution >= 4 is 17.9 Å². The second-order valence-electron chi connectivity index (χ2n) is 5.41. The average Bonchev–Trinajstić information content (AvgIpc) is 2.77. The van der Waals surface area contributed by atoms with Gasteiger partial charge in [0.1, 0.15) is 5.56 Å². The third kappa shape index (κ3) is 4.87. The highest BCUT2D eigenvalue weighted by Crippen LogP contribution is 2.22. The van der Waals surface area contributed by atoms with Gasteiger partial charge in [0.05, 0.1) is 5.69 Å². The van der Waals surface area contributed by atoms with Gasteiger partial charge in [-0.05, 0) is 20.8 Å². The van der Waals surface area contributed by atoms with Gasteiger partial charge in [0.15, 0.2) is 12.4 Å². The number of ether oxygens (including phenoxy) is 1. The summed E-state index contributed by atoms with van der Waals surface area (Å²) in [5.41, 5.74) is 0.612. The zero-order valence-corrected chi connectivity index (χ0v) is 13.4. The van der Waals surface area contributed by atoms with Gasteiger partial charge in [-0.15, -0.1) is 0 Å². The minimum Gasteiger partial charge on any atom is -0.452 e. The van der Waals surface area contributed by atoms with Gasteiger partial charge < -0.3 is 14.6 Å². The van der Waals surface area contributed by atoms with E-state index in [4.69, 9.17) is 9.26 Å². The Morgan fingerprint density at radius 1 is 1.23 bits per heavy atom. The number of carbonyl (C=O) groups is 3. The SMILES string of the molecule is Cc1noc(C(C)C)c1C(=O)OCC(=O)NC(=O)NC(C)C. The van der Waals surface area contributed by atoms with E-state index in [0.717, 1.165) is 0 Å². The van der Waals surface area contributed by atoms with E-state index >= 15 is 0 Å². The first-order valence-corrected chi connectivity index (χ1v) is 6.96. The molecule has 1 heterocycles. The van der Waals surface area contributed by atoms with Crippen LogP contribution in [0.5, 0.6) is 0 Å². The van der Waals surface area contributed by atoms with Crippen molar-refractivity contribution in [1.29, 1.82) is 0 Å². The molecule has 0 aromatic carbocycles. The summed E-state index contributed by atoms with van der Waals surface area (Å²) in [5, 5.41) is 8.27. The predicted octanol–water partition coefficient (Wildman–Crippen LogP) is 1.50. The monoisotopic (exact) mass is 311 g/mol. The lowest BCUT2D eigenvalue weighted by Gasteiger charge is -2.09. The summed E-state index contributed by atoms with van der Waals surface area (Å²) in [6.45, 7) is 8.26. The van der Waals surface area contributed by atoms with Crippen LogP contribution in [0.4, 0.5) is 4.79 Å². The van der Waals surface area contributed by atoms with Gasteiger partial charge in [-0.25, -0.2) is 9.59 Å². The van der Waals surface area contributed by atoms with Crippen LogP contribution in [0, 0.1) is 6.92 Å². The Balaban J connectivity index is 2.58. The van der Waals surface area contributed by atoms with Crippen LogP contribution in [0.15, 0.2) is 4.52 Å². The summed E-state index contributed by atoms with van der Waals surface area (Å²) in [4.78, 5) is 34.9. The third-order valence-electron chi connectivity index (χ3n) is 2.62. The number of hydrogen-bond donors (Lipinski definition) is 2. The van der Waals surface area contributed by atoms with Crippen LogP contribution in [0.1, 0.15) is 55.4 Å². The van der Waals surface area contributed by atoms with Gasteiger partial charge in [0.2, 0.25) is 0 Å². The van der Waals surface area contributed by atoms with E-state index in [-0.39, 0.29) is 17.5 Å². The standard InChI is InChI=1S/C14H21N3O5/c1-7(2)12-11(9(5)17-22-12)13(19)21-6-10(18)16-14(20)15-8(3)4/h7-8H,6H2,1-5H3,(H2,15,16,18,20). The lowest BCUT2D eigenvalue weighted by molar-refractivity contribution is -0.123. The van der Waals surface area contributed by atoms with Gasteiger partial charge in [0.25, 0.3) is 5.91 Å². The first-order valence-electron chi connectivity index (χ1n) is 6.96. The number of aromatic nitrogens is 1. The van der Waals surface area contributed by atoms with Gasteiger partial charge >= 0.3 is 12.0 Å². The molecule has 2 N–H and O–H groups in total. The molecule has 0 bridgehead atoms. The summed E-state index contributed by atoms with van der Waals surface area (Å²) >= 11 is 0. The number of nitrogens with one attached hydrogen (secondary N) is 2. The third-order valence-corrected chi connectivity index (χ3v) is 2.62. The Kier molecular flexibility index (Phi) is 6.09. The number of imide groups is 1. The fraction of sp³-hybridized carbons (Fsp3) is 0.571. The van der Waals surface area contributed by atoms with Crippen molar-refractivity contribution in [2.45, 2.75) is 46.6 Å². The lowest BCUT2D eigenvalue weighted by atomic mass is 10.1. The topological polar surface area (TPSA) is 111 Å². The summed E-state index contributed by atoms with van der Waals surface area (Å²) in [7, 11) is 0. The molecule has 1 aromatic heterocycles. The van der Waals surface area contributed by atoms with E-state index < -0.39 is 24.5 Å². The fourth-order valence-electron chi connectivity index (χ4n) is 1.69. The summed E-state index contributed by atoms with van der Waals surface area (Å²) in [5.74, 6) is -1.07. The fourth-order valence-corrected chi connectivity index (χ4v) is 1.69. The van der Waals surface area contributed by atoms with E-state index in [1.165, 1.54) is 0 Å². The molecule has 3 amide bonds. The largest absolute Gasteiger partial charge is 0.452 e. The van der Waals surface area contributed by atoms with Crippen molar-refractivity contribution in [2.75, 3.05) is 6.61 Å². The average molecular weight is 311 g/mol. The maximum atomic E-state index is 12.0. The number of carbonyl (C=O) groups excluding carboxylic acids is 3. The molecule has 0 aliphatic carbocycles. The van der Waals surface area contributed by atoms with Gasteiger partial charge in [-0.1, -0.05) is 19.0 Å². The smallest absolute Gasteiger partial charge is 0.344 e. The van der Waals surface area contributed by atoms with Crippen molar-refractivity contribution < 1.29 is 23.6 Å². The molecule has 1 rings (SSSR count). The number of urea groups is 1. The molecule has 8 heteroatoms.